The van der Waals surface area contributed by atoms with Gasteiger partial charge in [-0.25, -0.2) is 0 Å². The molecule has 0 saturated carbocycles. The number of hydrogen-bond acceptors (Lipinski definition) is 2. The van der Waals surface area contributed by atoms with Gasteiger partial charge in [-0.05, 0) is 12.1 Å². The normalized spacial score (nSPS) is 13.3. The van der Waals surface area contributed by atoms with E-state index in [1.165, 1.54) is 24.3 Å². The summed E-state index contributed by atoms with van der Waals surface area (Å²) >= 11 is 0. The van der Waals surface area contributed by atoms with Crippen LogP contribution < -0.4 is 4.74 Å². The van der Waals surface area contributed by atoms with Gasteiger partial charge in [0, 0.05) is 10.8 Å². The molecule has 126 valence electrons. The van der Waals surface area contributed by atoms with Crippen LogP contribution >= 0.6 is 0 Å². The Morgan fingerprint density at radius 2 is 1.39 bits per heavy atom. The lowest BCUT2D eigenvalue weighted by atomic mass is 10.1. The molecule has 23 heavy (non-hydrogen) atoms. The van der Waals surface area contributed by atoms with Crippen molar-refractivity contribution < 1.29 is 40.6 Å². The minimum Gasteiger partial charge on any atom is -0.507 e. The average Bonchev–Trinajstić information content (AvgIpc) is 2.45. The fourth-order valence-corrected chi connectivity index (χ4v) is 1.85. The largest absolute Gasteiger partial charge is 0.507 e. The molecule has 2 aromatic carbocycles. The van der Waals surface area contributed by atoms with Crippen LogP contribution in [0.2, 0.25) is 0 Å². The highest BCUT2D eigenvalue weighted by atomic mass is 19.4. The van der Waals surface area contributed by atoms with Gasteiger partial charge < -0.3 is 9.84 Å². The molecule has 0 unspecified atom stereocenters. The maximum atomic E-state index is 13.2. The van der Waals surface area contributed by atoms with Crippen LogP contribution in [-0.2, 0) is 0 Å². The SMILES string of the molecule is Oc1ccc(OCC(F)(F)C(F)(F)C(F)(F)F)c2ccccc12. The van der Waals surface area contributed by atoms with Gasteiger partial charge >= 0.3 is 18.0 Å². The first-order valence-corrected chi connectivity index (χ1v) is 6.13. The van der Waals surface area contributed by atoms with Gasteiger partial charge in [0.1, 0.15) is 11.5 Å². The van der Waals surface area contributed by atoms with Gasteiger partial charge in [0.15, 0.2) is 6.61 Å². The van der Waals surface area contributed by atoms with E-state index in [9.17, 15) is 35.8 Å². The lowest BCUT2D eigenvalue weighted by Crippen LogP contribution is -2.54. The van der Waals surface area contributed by atoms with Gasteiger partial charge in [-0.3, -0.25) is 0 Å². The summed E-state index contributed by atoms with van der Waals surface area (Å²) in [5, 5.41) is 9.86. The number of benzene rings is 2. The second kappa shape index (κ2) is 5.47. The molecule has 0 fully saturated rings. The maximum absolute atomic E-state index is 13.2. The van der Waals surface area contributed by atoms with Gasteiger partial charge in [0.05, 0.1) is 0 Å². The van der Waals surface area contributed by atoms with Crippen molar-refractivity contribution in [3.63, 3.8) is 0 Å². The molecule has 0 aliphatic rings. The first-order valence-electron chi connectivity index (χ1n) is 6.13. The predicted octanol–water partition coefficient (Wildman–Crippen LogP) is 4.76. The van der Waals surface area contributed by atoms with Crippen molar-refractivity contribution in [3.05, 3.63) is 36.4 Å². The third-order valence-electron chi connectivity index (χ3n) is 3.09. The predicted molar refractivity (Wildman–Crippen MR) is 67.1 cm³/mol. The summed E-state index contributed by atoms with van der Waals surface area (Å²) < 4.78 is 92.6. The fourth-order valence-electron chi connectivity index (χ4n) is 1.85. The molecule has 0 amide bonds. The van der Waals surface area contributed by atoms with Crippen molar-refractivity contribution in [3.8, 4) is 11.5 Å². The third-order valence-corrected chi connectivity index (χ3v) is 3.09. The average molecular weight is 342 g/mol. The summed E-state index contributed by atoms with van der Waals surface area (Å²) in [6.45, 7) is -2.17. The summed E-state index contributed by atoms with van der Waals surface area (Å²) in [5.41, 5.74) is 0. The number of hydrogen-bond donors (Lipinski definition) is 1. The first-order chi connectivity index (χ1) is 10.5. The Morgan fingerprint density at radius 3 is 1.96 bits per heavy atom. The van der Waals surface area contributed by atoms with Crippen LogP contribution in [0.5, 0.6) is 11.5 Å². The standard InChI is InChI=1S/C14H9F7O2/c15-12(16,13(17,18)14(19,20)21)7-23-11-6-5-10(22)8-3-1-2-4-9(8)11/h1-6,22H,7H2. The molecule has 0 heterocycles. The third kappa shape index (κ3) is 2.99. The Labute approximate surface area is 125 Å². The number of rotatable bonds is 4. The second-order valence-electron chi connectivity index (χ2n) is 4.69. The maximum Gasteiger partial charge on any atom is 0.460 e. The van der Waals surface area contributed by atoms with E-state index >= 15 is 0 Å². The minimum absolute atomic E-state index is 0.0959. The Morgan fingerprint density at radius 1 is 0.826 bits per heavy atom. The van der Waals surface area contributed by atoms with Crippen molar-refractivity contribution in [1.82, 2.24) is 0 Å². The first kappa shape index (κ1) is 17.2. The number of phenols is 1. The number of aromatic hydroxyl groups is 1. The van der Waals surface area contributed by atoms with Gasteiger partial charge in [-0.1, -0.05) is 24.3 Å². The molecule has 9 heteroatoms. The molecular weight excluding hydrogens is 333 g/mol. The van der Waals surface area contributed by atoms with Crippen LogP contribution in [0.4, 0.5) is 30.7 Å². The second-order valence-corrected chi connectivity index (χ2v) is 4.69. The van der Waals surface area contributed by atoms with E-state index in [0.29, 0.717) is 0 Å². The molecule has 2 aromatic rings. The number of fused-ring (bicyclic) bond motifs is 1. The highest BCUT2D eigenvalue weighted by molar-refractivity contribution is 5.92. The molecule has 0 saturated heterocycles. The fraction of sp³-hybridized carbons (Fsp3) is 0.286. The van der Waals surface area contributed by atoms with Crippen molar-refractivity contribution in [2.45, 2.75) is 18.0 Å². The van der Waals surface area contributed by atoms with Gasteiger partial charge in [-0.15, -0.1) is 0 Å². The van der Waals surface area contributed by atoms with E-state index in [-0.39, 0.29) is 22.3 Å². The van der Waals surface area contributed by atoms with Crippen molar-refractivity contribution in [2.75, 3.05) is 6.61 Å². The van der Waals surface area contributed by atoms with Crippen LogP contribution in [0.25, 0.3) is 10.8 Å². The molecule has 0 bridgehead atoms. The number of halogens is 7. The summed E-state index contributed by atoms with van der Waals surface area (Å²) in [7, 11) is 0. The van der Waals surface area contributed by atoms with Crippen molar-refractivity contribution in [1.29, 1.82) is 0 Å². The number of phenolic OH excluding ortho intramolecular Hbond substituents is 1. The molecule has 0 aromatic heterocycles. The molecule has 2 rings (SSSR count). The zero-order valence-electron chi connectivity index (χ0n) is 11.2. The quantitative estimate of drug-likeness (QED) is 0.812. The van der Waals surface area contributed by atoms with Crippen LogP contribution in [0.1, 0.15) is 0 Å². The van der Waals surface area contributed by atoms with Gasteiger partial charge in [-0.2, -0.15) is 30.7 Å². The Kier molecular flexibility index (Phi) is 4.08. The van der Waals surface area contributed by atoms with Crippen molar-refractivity contribution >= 4 is 10.8 Å². The van der Waals surface area contributed by atoms with Crippen LogP contribution in [0, 0.1) is 0 Å². The summed E-state index contributed by atoms with van der Waals surface area (Å²) in [5.74, 6) is -12.3. The molecule has 0 radical (unpaired) electrons. The van der Waals surface area contributed by atoms with E-state index in [0.717, 1.165) is 12.1 Å². The zero-order valence-corrected chi connectivity index (χ0v) is 11.2. The Balaban J connectivity index is 2.30. The lowest BCUT2D eigenvalue weighted by molar-refractivity contribution is -0.358. The smallest absolute Gasteiger partial charge is 0.460 e. The molecule has 2 nitrogen and oxygen atoms in total. The van der Waals surface area contributed by atoms with Crippen molar-refractivity contribution in [2.24, 2.45) is 0 Å². The molecule has 0 spiro atoms. The highest BCUT2D eigenvalue weighted by Gasteiger charge is 2.73. The summed E-state index contributed by atoms with van der Waals surface area (Å²) in [6, 6.07) is 7.76. The van der Waals surface area contributed by atoms with Crippen LogP contribution in [0.15, 0.2) is 36.4 Å². The number of ether oxygens (including phenoxy) is 1. The van der Waals surface area contributed by atoms with E-state index in [2.05, 4.69) is 4.74 Å². The Hall–Kier alpha value is -2.19. The van der Waals surface area contributed by atoms with E-state index in [4.69, 9.17) is 0 Å². The van der Waals surface area contributed by atoms with Gasteiger partial charge in [0.25, 0.3) is 0 Å². The summed E-state index contributed by atoms with van der Waals surface area (Å²) in [4.78, 5) is 0. The lowest BCUT2D eigenvalue weighted by Gasteiger charge is -2.28. The molecule has 0 aliphatic heterocycles. The molecule has 1 N–H and O–H groups in total. The van der Waals surface area contributed by atoms with E-state index in [1.807, 2.05) is 0 Å². The molecule has 0 atom stereocenters. The van der Waals surface area contributed by atoms with E-state index < -0.39 is 24.6 Å². The zero-order chi connectivity index (χ0) is 17.5. The summed E-state index contributed by atoms with van der Waals surface area (Å²) in [6.07, 6.45) is -6.41. The van der Waals surface area contributed by atoms with Crippen LogP contribution in [-0.4, -0.2) is 29.7 Å². The minimum atomic E-state index is -6.41. The van der Waals surface area contributed by atoms with Crippen LogP contribution in [0.3, 0.4) is 0 Å². The molecular formula is C14H9F7O2. The topological polar surface area (TPSA) is 29.5 Å². The highest BCUT2D eigenvalue weighted by Crippen LogP contribution is 2.46. The molecule has 0 aliphatic carbocycles. The monoisotopic (exact) mass is 342 g/mol. The number of alkyl halides is 7. The Bertz CT molecular complexity index is 710. The van der Waals surface area contributed by atoms with E-state index in [1.54, 1.807) is 0 Å². The van der Waals surface area contributed by atoms with Gasteiger partial charge in [0.2, 0.25) is 0 Å².